The van der Waals surface area contributed by atoms with Crippen LogP contribution in [0, 0.1) is 11.3 Å². The highest BCUT2D eigenvalue weighted by Crippen LogP contribution is 2.29. The average Bonchev–Trinajstić information content (AvgIpc) is 2.03. The van der Waals surface area contributed by atoms with Crippen molar-refractivity contribution in [3.63, 3.8) is 0 Å². The molecule has 1 aromatic rings. The molecule has 0 fully saturated rings. The van der Waals surface area contributed by atoms with Gasteiger partial charge in [0, 0.05) is 0 Å². The van der Waals surface area contributed by atoms with Crippen LogP contribution >= 0.6 is 0 Å². The molecule has 1 rings (SSSR count). The minimum atomic E-state index is -4.68. The summed E-state index contributed by atoms with van der Waals surface area (Å²) in [5, 5.41) is 8.30. The normalized spacial score (nSPS) is 10.9. The first kappa shape index (κ1) is 9.25. The van der Waals surface area contributed by atoms with Crippen molar-refractivity contribution in [3.8, 4) is 6.07 Å². The zero-order valence-electron chi connectivity index (χ0n) is 6.13. The molecule has 0 saturated heterocycles. The number of rotatable bonds is 0. The molecule has 0 unspecified atom stereocenters. The van der Waals surface area contributed by atoms with Gasteiger partial charge in [0.25, 0.3) is 0 Å². The number of nitriles is 1. The topological polar surface area (TPSA) is 75.6 Å². The van der Waals surface area contributed by atoms with Crippen molar-refractivity contribution in [1.82, 2.24) is 9.97 Å². The molecule has 0 aliphatic carbocycles. The highest BCUT2D eigenvalue weighted by Gasteiger charge is 2.36. The van der Waals surface area contributed by atoms with E-state index in [4.69, 9.17) is 11.0 Å². The fraction of sp³-hybridized carbons (Fsp3) is 0.167. The Kier molecular flexibility index (Phi) is 2.06. The van der Waals surface area contributed by atoms with Crippen LogP contribution in [-0.2, 0) is 6.18 Å². The molecule has 0 radical (unpaired) electrons. The predicted molar refractivity (Wildman–Crippen MR) is 36.2 cm³/mol. The van der Waals surface area contributed by atoms with E-state index in [0.29, 0.717) is 0 Å². The van der Waals surface area contributed by atoms with E-state index in [0.717, 1.165) is 6.20 Å². The van der Waals surface area contributed by atoms with Crippen LogP contribution in [0.1, 0.15) is 11.3 Å². The van der Waals surface area contributed by atoms with Gasteiger partial charge >= 0.3 is 6.18 Å². The Morgan fingerprint density at radius 3 is 2.54 bits per heavy atom. The van der Waals surface area contributed by atoms with Gasteiger partial charge in [0.1, 0.15) is 11.6 Å². The molecular formula is C6H3F3N4. The Bertz CT molecular complexity index is 365. The molecule has 0 bridgehead atoms. The van der Waals surface area contributed by atoms with Gasteiger partial charge in [-0.05, 0) is 0 Å². The molecule has 68 valence electrons. The molecule has 1 aromatic heterocycles. The van der Waals surface area contributed by atoms with Gasteiger partial charge in [0.15, 0.2) is 5.69 Å². The molecule has 13 heavy (non-hydrogen) atoms. The second-order valence-electron chi connectivity index (χ2n) is 2.10. The number of hydrogen-bond acceptors (Lipinski definition) is 4. The zero-order chi connectivity index (χ0) is 10.1. The molecule has 1 heterocycles. The molecule has 0 aromatic carbocycles. The van der Waals surface area contributed by atoms with Crippen molar-refractivity contribution in [2.45, 2.75) is 6.18 Å². The Morgan fingerprint density at radius 2 is 2.08 bits per heavy atom. The van der Waals surface area contributed by atoms with Crippen molar-refractivity contribution < 1.29 is 13.2 Å². The van der Waals surface area contributed by atoms with E-state index in [1.807, 2.05) is 0 Å². The van der Waals surface area contributed by atoms with Crippen LogP contribution < -0.4 is 5.73 Å². The van der Waals surface area contributed by atoms with E-state index in [1.54, 1.807) is 0 Å². The lowest BCUT2D eigenvalue weighted by Crippen LogP contribution is -2.13. The summed E-state index contributed by atoms with van der Waals surface area (Å²) in [6.07, 6.45) is -3.94. The predicted octanol–water partition coefficient (Wildman–Crippen LogP) is 0.949. The molecule has 2 N–H and O–H groups in total. The summed E-state index contributed by atoms with van der Waals surface area (Å²) in [6, 6.07) is 1.33. The molecule has 0 saturated carbocycles. The highest BCUT2D eigenvalue weighted by atomic mass is 19.4. The Hall–Kier alpha value is -1.84. The summed E-state index contributed by atoms with van der Waals surface area (Å²) in [5.74, 6) is -0.508. The summed E-state index contributed by atoms with van der Waals surface area (Å²) in [7, 11) is 0. The van der Waals surface area contributed by atoms with Crippen molar-refractivity contribution in [1.29, 1.82) is 5.26 Å². The van der Waals surface area contributed by atoms with Gasteiger partial charge in [-0.1, -0.05) is 0 Å². The van der Waals surface area contributed by atoms with Gasteiger partial charge in [-0.25, -0.2) is 9.97 Å². The van der Waals surface area contributed by atoms with Crippen LogP contribution in [0.4, 0.5) is 19.1 Å². The second-order valence-corrected chi connectivity index (χ2v) is 2.10. The first-order chi connectivity index (χ1) is 5.95. The van der Waals surface area contributed by atoms with E-state index in [1.165, 1.54) is 6.07 Å². The quantitative estimate of drug-likeness (QED) is 0.657. The lowest BCUT2D eigenvalue weighted by molar-refractivity contribution is -0.141. The van der Waals surface area contributed by atoms with Crippen LogP contribution in [0.3, 0.4) is 0 Å². The minimum Gasteiger partial charge on any atom is -0.368 e. The van der Waals surface area contributed by atoms with E-state index in [9.17, 15) is 13.2 Å². The summed E-state index contributed by atoms with van der Waals surface area (Å²) in [5.41, 5.74) is 3.01. The Labute approximate surface area is 70.8 Å². The van der Waals surface area contributed by atoms with E-state index < -0.39 is 23.4 Å². The van der Waals surface area contributed by atoms with Gasteiger partial charge in [-0.2, -0.15) is 18.4 Å². The number of alkyl halides is 3. The number of hydrogen-bond donors (Lipinski definition) is 1. The van der Waals surface area contributed by atoms with Gasteiger partial charge in [0.05, 0.1) is 6.20 Å². The third-order valence-corrected chi connectivity index (χ3v) is 1.20. The molecule has 0 atom stereocenters. The van der Waals surface area contributed by atoms with Crippen LogP contribution in [0.5, 0.6) is 0 Å². The smallest absolute Gasteiger partial charge is 0.368 e. The number of halogens is 3. The number of nitrogens with zero attached hydrogens (tertiary/aromatic N) is 3. The van der Waals surface area contributed by atoms with Crippen LogP contribution in [0.25, 0.3) is 0 Å². The first-order valence-corrected chi connectivity index (χ1v) is 3.05. The monoisotopic (exact) mass is 188 g/mol. The number of nitrogens with two attached hydrogens (primary N) is 1. The largest absolute Gasteiger partial charge is 0.434 e. The maximum absolute atomic E-state index is 12.1. The van der Waals surface area contributed by atoms with Crippen LogP contribution in [0.15, 0.2) is 6.20 Å². The fourth-order valence-corrected chi connectivity index (χ4v) is 0.693. The van der Waals surface area contributed by atoms with Gasteiger partial charge in [-0.15, -0.1) is 0 Å². The molecule has 0 spiro atoms. The van der Waals surface area contributed by atoms with E-state index in [-0.39, 0.29) is 0 Å². The molecule has 0 aliphatic heterocycles. The first-order valence-electron chi connectivity index (χ1n) is 3.05. The number of aromatic nitrogens is 2. The lowest BCUT2D eigenvalue weighted by Gasteiger charge is -2.06. The zero-order valence-corrected chi connectivity index (χ0v) is 6.13. The van der Waals surface area contributed by atoms with Crippen LogP contribution in [-0.4, -0.2) is 9.97 Å². The third kappa shape index (κ3) is 1.84. The molecular weight excluding hydrogens is 185 g/mol. The minimum absolute atomic E-state index is 0.508. The summed E-state index contributed by atoms with van der Waals surface area (Å²) in [6.45, 7) is 0. The highest BCUT2D eigenvalue weighted by molar-refractivity contribution is 5.35. The lowest BCUT2D eigenvalue weighted by atomic mass is 10.2. The van der Waals surface area contributed by atoms with Crippen molar-refractivity contribution in [3.05, 3.63) is 17.5 Å². The summed E-state index contributed by atoms with van der Waals surface area (Å²) >= 11 is 0. The van der Waals surface area contributed by atoms with Crippen molar-refractivity contribution >= 4 is 5.95 Å². The summed E-state index contributed by atoms with van der Waals surface area (Å²) in [4.78, 5) is 6.20. The number of anilines is 1. The maximum atomic E-state index is 12.1. The van der Waals surface area contributed by atoms with Crippen molar-refractivity contribution in [2.24, 2.45) is 0 Å². The van der Waals surface area contributed by atoms with E-state index >= 15 is 0 Å². The van der Waals surface area contributed by atoms with Gasteiger partial charge in [-0.3, -0.25) is 0 Å². The fourth-order valence-electron chi connectivity index (χ4n) is 0.693. The Morgan fingerprint density at radius 1 is 1.46 bits per heavy atom. The van der Waals surface area contributed by atoms with E-state index in [2.05, 4.69) is 9.97 Å². The van der Waals surface area contributed by atoms with Gasteiger partial charge in [0.2, 0.25) is 5.95 Å². The standard InChI is InChI=1S/C6H3F3N4/c7-6(8,9)4-3(1-10)2-12-5(11)13-4/h2H,(H2,11,12,13). The molecule has 7 heteroatoms. The Balaban J connectivity index is 3.35. The molecule has 4 nitrogen and oxygen atoms in total. The van der Waals surface area contributed by atoms with Gasteiger partial charge < -0.3 is 5.73 Å². The summed E-state index contributed by atoms with van der Waals surface area (Å²) < 4.78 is 36.4. The maximum Gasteiger partial charge on any atom is 0.434 e. The number of nitrogen functional groups attached to an aromatic ring is 1. The molecule has 0 amide bonds. The van der Waals surface area contributed by atoms with Crippen molar-refractivity contribution in [2.75, 3.05) is 5.73 Å². The third-order valence-electron chi connectivity index (χ3n) is 1.20. The van der Waals surface area contributed by atoms with Crippen LogP contribution in [0.2, 0.25) is 0 Å². The SMILES string of the molecule is N#Cc1cnc(N)nc1C(F)(F)F. The second kappa shape index (κ2) is 2.90. The molecule has 0 aliphatic rings. The average molecular weight is 188 g/mol.